The van der Waals surface area contributed by atoms with Crippen molar-refractivity contribution in [3.8, 4) is 0 Å². The van der Waals surface area contributed by atoms with Gasteiger partial charge in [-0.1, -0.05) is 29.8 Å². The third-order valence-corrected chi connectivity index (χ3v) is 4.64. The Hall–Kier alpha value is -1.71. The van der Waals surface area contributed by atoms with Gasteiger partial charge in [0, 0.05) is 32.4 Å². The van der Waals surface area contributed by atoms with E-state index in [1.54, 1.807) is 11.8 Å². The fraction of sp³-hybridized carbons (Fsp3) is 0.118. The number of thioether (sulfide) groups is 1. The van der Waals surface area contributed by atoms with Crippen LogP contribution in [0.5, 0.6) is 0 Å². The molecule has 0 aliphatic heterocycles. The second kappa shape index (κ2) is 5.96. The van der Waals surface area contributed by atoms with E-state index in [1.807, 2.05) is 43.3 Å². The van der Waals surface area contributed by atoms with E-state index in [0.717, 1.165) is 27.5 Å². The van der Waals surface area contributed by atoms with Crippen molar-refractivity contribution in [2.24, 2.45) is 0 Å². The number of nitrogen functional groups attached to an aromatic ring is 1. The Morgan fingerprint density at radius 1 is 1.14 bits per heavy atom. The van der Waals surface area contributed by atoms with Gasteiger partial charge in [0.05, 0.1) is 5.52 Å². The topological polar surface area (TPSA) is 38.9 Å². The SMILES string of the molecule is Cc1cc(CSc2cc(Cl)ccc2N)c2ccccc2n1. The molecule has 21 heavy (non-hydrogen) atoms. The Bertz CT molecular complexity index is 802. The van der Waals surface area contributed by atoms with Gasteiger partial charge in [-0.15, -0.1) is 11.8 Å². The lowest BCUT2D eigenvalue weighted by Gasteiger charge is -2.09. The minimum absolute atomic E-state index is 0.711. The van der Waals surface area contributed by atoms with Crippen LogP contribution in [0.15, 0.2) is 53.4 Å². The number of pyridine rings is 1. The van der Waals surface area contributed by atoms with Gasteiger partial charge in [0.15, 0.2) is 0 Å². The van der Waals surface area contributed by atoms with Crippen molar-refractivity contribution in [2.45, 2.75) is 17.6 Å². The van der Waals surface area contributed by atoms with Gasteiger partial charge in [-0.05, 0) is 42.8 Å². The fourth-order valence-corrected chi connectivity index (χ4v) is 3.53. The standard InChI is InChI=1S/C17H15ClN2S/c1-11-8-12(14-4-2-3-5-16(14)20-11)10-21-17-9-13(18)6-7-15(17)19/h2-9H,10,19H2,1H3. The Balaban J connectivity index is 1.93. The summed E-state index contributed by atoms with van der Waals surface area (Å²) in [7, 11) is 0. The molecule has 2 aromatic carbocycles. The summed E-state index contributed by atoms with van der Waals surface area (Å²) in [5, 5.41) is 1.90. The van der Waals surface area contributed by atoms with Gasteiger partial charge in [0.25, 0.3) is 0 Å². The first kappa shape index (κ1) is 14.2. The first-order valence-electron chi connectivity index (χ1n) is 6.66. The molecule has 106 valence electrons. The molecule has 0 aliphatic rings. The maximum absolute atomic E-state index is 6.04. The summed E-state index contributed by atoms with van der Waals surface area (Å²) < 4.78 is 0. The average Bonchev–Trinajstić information content (AvgIpc) is 2.47. The number of halogens is 1. The van der Waals surface area contributed by atoms with Gasteiger partial charge in [-0.3, -0.25) is 4.98 Å². The predicted molar refractivity (Wildman–Crippen MR) is 91.9 cm³/mol. The molecule has 0 atom stereocenters. The second-order valence-corrected chi connectivity index (χ2v) is 6.36. The number of hydrogen-bond donors (Lipinski definition) is 1. The highest BCUT2D eigenvalue weighted by Gasteiger charge is 2.06. The van der Waals surface area contributed by atoms with E-state index < -0.39 is 0 Å². The number of aromatic nitrogens is 1. The van der Waals surface area contributed by atoms with E-state index >= 15 is 0 Å². The van der Waals surface area contributed by atoms with Gasteiger partial charge < -0.3 is 5.73 Å². The molecule has 1 heterocycles. The number of rotatable bonds is 3. The van der Waals surface area contributed by atoms with Gasteiger partial charge in [0.2, 0.25) is 0 Å². The largest absolute Gasteiger partial charge is 0.398 e. The van der Waals surface area contributed by atoms with Crippen LogP contribution in [0.3, 0.4) is 0 Å². The lowest BCUT2D eigenvalue weighted by Crippen LogP contribution is -1.92. The smallest absolute Gasteiger partial charge is 0.0708 e. The fourth-order valence-electron chi connectivity index (χ4n) is 2.30. The summed E-state index contributed by atoms with van der Waals surface area (Å²) in [4.78, 5) is 5.58. The number of hydrogen-bond acceptors (Lipinski definition) is 3. The second-order valence-electron chi connectivity index (χ2n) is 4.91. The van der Waals surface area contributed by atoms with Crippen LogP contribution in [0.4, 0.5) is 5.69 Å². The van der Waals surface area contributed by atoms with Crippen LogP contribution in [0.25, 0.3) is 10.9 Å². The Morgan fingerprint density at radius 2 is 1.95 bits per heavy atom. The zero-order chi connectivity index (χ0) is 14.8. The van der Waals surface area contributed by atoms with Crippen molar-refractivity contribution >= 4 is 40.0 Å². The molecule has 0 fully saturated rings. The molecule has 0 radical (unpaired) electrons. The molecular formula is C17H15ClN2S. The molecule has 2 N–H and O–H groups in total. The summed E-state index contributed by atoms with van der Waals surface area (Å²) in [6, 6.07) is 15.9. The van der Waals surface area contributed by atoms with E-state index in [2.05, 4.69) is 17.1 Å². The molecule has 3 aromatic rings. The minimum Gasteiger partial charge on any atom is -0.398 e. The van der Waals surface area contributed by atoms with Crippen LogP contribution in [0, 0.1) is 6.92 Å². The average molecular weight is 315 g/mol. The first-order valence-corrected chi connectivity index (χ1v) is 8.03. The summed E-state index contributed by atoms with van der Waals surface area (Å²) in [6.07, 6.45) is 0. The third kappa shape index (κ3) is 3.14. The number of para-hydroxylation sites is 1. The third-order valence-electron chi connectivity index (χ3n) is 3.29. The van der Waals surface area contributed by atoms with Crippen molar-refractivity contribution in [3.05, 3.63) is 64.8 Å². The number of benzene rings is 2. The highest BCUT2D eigenvalue weighted by atomic mass is 35.5. The zero-order valence-corrected chi connectivity index (χ0v) is 13.2. The van der Waals surface area contributed by atoms with E-state index in [0.29, 0.717) is 5.02 Å². The van der Waals surface area contributed by atoms with Crippen molar-refractivity contribution in [3.63, 3.8) is 0 Å². The van der Waals surface area contributed by atoms with Crippen LogP contribution in [-0.4, -0.2) is 4.98 Å². The Kier molecular flexibility index (Phi) is 4.04. The minimum atomic E-state index is 0.711. The molecule has 0 unspecified atom stereocenters. The van der Waals surface area contributed by atoms with Crippen molar-refractivity contribution in [1.82, 2.24) is 4.98 Å². The molecule has 0 amide bonds. The summed E-state index contributed by atoms with van der Waals surface area (Å²) in [6.45, 7) is 2.02. The van der Waals surface area contributed by atoms with Crippen LogP contribution in [0.2, 0.25) is 5.02 Å². The number of nitrogens with two attached hydrogens (primary N) is 1. The summed E-state index contributed by atoms with van der Waals surface area (Å²) >= 11 is 7.74. The van der Waals surface area contributed by atoms with E-state index in [-0.39, 0.29) is 0 Å². The molecule has 0 spiro atoms. The molecule has 1 aromatic heterocycles. The number of anilines is 1. The lowest BCUT2D eigenvalue weighted by molar-refractivity contribution is 1.23. The molecule has 2 nitrogen and oxygen atoms in total. The first-order chi connectivity index (χ1) is 10.1. The van der Waals surface area contributed by atoms with Crippen LogP contribution in [-0.2, 0) is 5.75 Å². The van der Waals surface area contributed by atoms with Crippen molar-refractivity contribution in [1.29, 1.82) is 0 Å². The zero-order valence-electron chi connectivity index (χ0n) is 11.6. The molecule has 0 bridgehead atoms. The summed E-state index contributed by atoms with van der Waals surface area (Å²) in [5.41, 5.74) is 10.1. The normalized spacial score (nSPS) is 11.0. The Labute approximate surface area is 133 Å². The van der Waals surface area contributed by atoms with Crippen molar-refractivity contribution in [2.75, 3.05) is 5.73 Å². The number of fused-ring (bicyclic) bond motifs is 1. The number of nitrogens with zero attached hydrogens (tertiary/aromatic N) is 1. The highest BCUT2D eigenvalue weighted by molar-refractivity contribution is 7.98. The van der Waals surface area contributed by atoms with E-state index in [9.17, 15) is 0 Å². The predicted octanol–water partition coefficient (Wildman–Crippen LogP) is 5.07. The van der Waals surface area contributed by atoms with Crippen LogP contribution in [0.1, 0.15) is 11.3 Å². The van der Waals surface area contributed by atoms with Gasteiger partial charge >= 0.3 is 0 Å². The lowest BCUT2D eigenvalue weighted by atomic mass is 10.1. The highest BCUT2D eigenvalue weighted by Crippen LogP contribution is 2.32. The molecule has 4 heteroatoms. The molecule has 0 saturated heterocycles. The molecule has 0 saturated carbocycles. The molecule has 3 rings (SSSR count). The quantitative estimate of drug-likeness (QED) is 0.542. The van der Waals surface area contributed by atoms with E-state index in [1.165, 1.54) is 10.9 Å². The van der Waals surface area contributed by atoms with Crippen LogP contribution < -0.4 is 5.73 Å². The monoisotopic (exact) mass is 314 g/mol. The Morgan fingerprint density at radius 3 is 2.81 bits per heavy atom. The van der Waals surface area contributed by atoms with Gasteiger partial charge in [0.1, 0.15) is 0 Å². The van der Waals surface area contributed by atoms with Gasteiger partial charge in [-0.25, -0.2) is 0 Å². The van der Waals surface area contributed by atoms with Crippen LogP contribution >= 0.6 is 23.4 Å². The maximum Gasteiger partial charge on any atom is 0.0708 e. The maximum atomic E-state index is 6.04. The summed E-state index contributed by atoms with van der Waals surface area (Å²) in [5.74, 6) is 0.842. The number of aryl methyl sites for hydroxylation is 1. The molecule has 0 aliphatic carbocycles. The molecular weight excluding hydrogens is 300 g/mol. The van der Waals surface area contributed by atoms with Crippen molar-refractivity contribution < 1.29 is 0 Å². The van der Waals surface area contributed by atoms with E-state index in [4.69, 9.17) is 17.3 Å². The van der Waals surface area contributed by atoms with Gasteiger partial charge in [-0.2, -0.15) is 0 Å².